The minimum Gasteiger partial charge on any atom is -0.378 e. The van der Waals surface area contributed by atoms with Crippen LogP contribution >= 0.6 is 0 Å². The second-order valence-corrected chi connectivity index (χ2v) is 5.84. The highest BCUT2D eigenvalue weighted by Crippen LogP contribution is 2.14. The van der Waals surface area contributed by atoms with E-state index in [1.165, 1.54) is 0 Å². The minimum atomic E-state index is 0.214. The van der Waals surface area contributed by atoms with Gasteiger partial charge in [0, 0.05) is 25.7 Å². The molecule has 0 spiro atoms. The maximum atomic E-state index is 11.9. The van der Waals surface area contributed by atoms with Crippen molar-refractivity contribution in [3.63, 3.8) is 0 Å². The predicted octanol–water partition coefficient (Wildman–Crippen LogP) is 1.65. The third-order valence-corrected chi connectivity index (χ3v) is 3.12. The Morgan fingerprint density at radius 2 is 1.89 bits per heavy atom. The van der Waals surface area contributed by atoms with Gasteiger partial charge in [-0.3, -0.25) is 4.79 Å². The van der Waals surface area contributed by atoms with Crippen LogP contribution in [-0.2, 0) is 9.53 Å². The number of likely N-dealkylation sites (tertiary alicyclic amines) is 1. The van der Waals surface area contributed by atoms with Crippen LogP contribution in [0.3, 0.4) is 0 Å². The van der Waals surface area contributed by atoms with E-state index in [4.69, 9.17) is 4.74 Å². The molecular weight excluding hydrogens is 228 g/mol. The van der Waals surface area contributed by atoms with Crippen LogP contribution in [0.5, 0.6) is 0 Å². The van der Waals surface area contributed by atoms with E-state index in [2.05, 4.69) is 33.0 Å². The quantitative estimate of drug-likeness (QED) is 0.785. The minimum absolute atomic E-state index is 0.214. The Morgan fingerprint density at radius 3 is 2.39 bits per heavy atom. The molecule has 0 aromatic heterocycles. The van der Waals surface area contributed by atoms with Crippen LogP contribution in [-0.4, -0.2) is 49.2 Å². The van der Waals surface area contributed by atoms with Gasteiger partial charge in [-0.15, -0.1) is 0 Å². The van der Waals surface area contributed by atoms with E-state index in [0.717, 1.165) is 32.5 Å². The fourth-order valence-electron chi connectivity index (χ4n) is 2.00. The molecule has 4 heteroatoms. The summed E-state index contributed by atoms with van der Waals surface area (Å²) < 4.78 is 5.82. The number of amides is 1. The molecule has 0 radical (unpaired) electrons. The Balaban J connectivity index is 2.20. The molecule has 0 saturated carbocycles. The summed E-state index contributed by atoms with van der Waals surface area (Å²) >= 11 is 0. The first-order valence-corrected chi connectivity index (χ1v) is 7.11. The van der Waals surface area contributed by atoms with Gasteiger partial charge in [-0.1, -0.05) is 27.7 Å². The van der Waals surface area contributed by atoms with Gasteiger partial charge in [-0.25, -0.2) is 0 Å². The van der Waals surface area contributed by atoms with Crippen LogP contribution in [0.15, 0.2) is 0 Å². The summed E-state index contributed by atoms with van der Waals surface area (Å²) in [6.45, 7) is 11.4. The van der Waals surface area contributed by atoms with E-state index in [1.54, 1.807) is 0 Å². The smallest absolute Gasteiger partial charge is 0.236 e. The number of nitrogens with zero attached hydrogens (tertiary/aromatic N) is 1. The standard InChI is InChI=1S/C14H28N2O2/c1-11(2)10-18-13-5-7-16(8-6-13)14(17)9-15-12(3)4/h11-13,15H,5-10H2,1-4H3. The number of ether oxygens (including phenoxy) is 1. The van der Waals surface area contributed by atoms with Crippen molar-refractivity contribution in [1.29, 1.82) is 0 Å². The lowest BCUT2D eigenvalue weighted by Crippen LogP contribution is -2.45. The normalized spacial score (nSPS) is 17.8. The topological polar surface area (TPSA) is 41.6 Å². The Kier molecular flexibility index (Phi) is 6.65. The molecule has 106 valence electrons. The molecule has 1 amide bonds. The number of nitrogens with one attached hydrogen (secondary N) is 1. The maximum absolute atomic E-state index is 11.9. The lowest BCUT2D eigenvalue weighted by molar-refractivity contribution is -0.133. The Morgan fingerprint density at radius 1 is 1.28 bits per heavy atom. The zero-order valence-corrected chi connectivity index (χ0v) is 12.2. The Bertz CT molecular complexity index is 246. The molecule has 4 nitrogen and oxygen atoms in total. The van der Waals surface area contributed by atoms with Crippen LogP contribution in [0, 0.1) is 5.92 Å². The van der Waals surface area contributed by atoms with Gasteiger partial charge in [0.1, 0.15) is 0 Å². The summed E-state index contributed by atoms with van der Waals surface area (Å²) in [5.74, 6) is 0.797. The van der Waals surface area contributed by atoms with Crippen molar-refractivity contribution in [2.75, 3.05) is 26.2 Å². The molecule has 0 bridgehead atoms. The van der Waals surface area contributed by atoms with Gasteiger partial charge in [-0.05, 0) is 18.8 Å². The van der Waals surface area contributed by atoms with E-state index in [1.807, 2.05) is 4.90 Å². The molecule has 1 N–H and O–H groups in total. The van der Waals surface area contributed by atoms with Crippen LogP contribution < -0.4 is 5.32 Å². The molecule has 1 aliphatic heterocycles. The van der Waals surface area contributed by atoms with Crippen LogP contribution in [0.2, 0.25) is 0 Å². The summed E-state index contributed by atoms with van der Waals surface area (Å²) in [5, 5.41) is 3.17. The summed E-state index contributed by atoms with van der Waals surface area (Å²) in [6.07, 6.45) is 2.29. The van der Waals surface area contributed by atoms with E-state index < -0.39 is 0 Å². The highest BCUT2D eigenvalue weighted by molar-refractivity contribution is 5.78. The molecule has 18 heavy (non-hydrogen) atoms. The van der Waals surface area contributed by atoms with E-state index >= 15 is 0 Å². The average molecular weight is 256 g/mol. The number of piperidine rings is 1. The fourth-order valence-corrected chi connectivity index (χ4v) is 2.00. The van der Waals surface area contributed by atoms with Gasteiger partial charge in [0.2, 0.25) is 5.91 Å². The second kappa shape index (κ2) is 7.74. The van der Waals surface area contributed by atoms with Crippen LogP contribution in [0.1, 0.15) is 40.5 Å². The molecule has 1 heterocycles. The molecule has 0 atom stereocenters. The summed E-state index contributed by atoms with van der Waals surface area (Å²) in [7, 11) is 0. The van der Waals surface area contributed by atoms with Gasteiger partial charge < -0.3 is 15.0 Å². The number of carbonyl (C=O) groups is 1. The summed E-state index contributed by atoms with van der Waals surface area (Å²) in [6, 6.07) is 0.362. The molecule has 0 aromatic rings. The van der Waals surface area contributed by atoms with Crippen LogP contribution in [0.25, 0.3) is 0 Å². The SMILES string of the molecule is CC(C)COC1CCN(C(=O)CNC(C)C)CC1. The zero-order valence-electron chi connectivity index (χ0n) is 12.2. The zero-order chi connectivity index (χ0) is 13.5. The molecule has 0 aromatic carbocycles. The molecular formula is C14H28N2O2. The van der Waals surface area contributed by atoms with Crippen molar-refractivity contribution in [1.82, 2.24) is 10.2 Å². The molecule has 1 fully saturated rings. The summed E-state index contributed by atoms with van der Waals surface area (Å²) in [5.41, 5.74) is 0. The lowest BCUT2D eigenvalue weighted by atomic mass is 10.1. The maximum Gasteiger partial charge on any atom is 0.236 e. The van der Waals surface area contributed by atoms with Crippen molar-refractivity contribution in [2.24, 2.45) is 5.92 Å². The number of carbonyl (C=O) groups excluding carboxylic acids is 1. The van der Waals surface area contributed by atoms with Gasteiger partial charge in [0.05, 0.1) is 12.6 Å². The highest BCUT2D eigenvalue weighted by Gasteiger charge is 2.23. The van der Waals surface area contributed by atoms with Gasteiger partial charge in [0.25, 0.3) is 0 Å². The molecule has 0 aliphatic carbocycles. The van der Waals surface area contributed by atoms with Crippen molar-refractivity contribution in [3.05, 3.63) is 0 Å². The van der Waals surface area contributed by atoms with Gasteiger partial charge in [0.15, 0.2) is 0 Å². The molecule has 1 rings (SSSR count). The van der Waals surface area contributed by atoms with Crippen molar-refractivity contribution in [2.45, 2.75) is 52.7 Å². The van der Waals surface area contributed by atoms with E-state index in [0.29, 0.717) is 24.6 Å². The second-order valence-electron chi connectivity index (χ2n) is 5.84. The molecule has 0 unspecified atom stereocenters. The average Bonchev–Trinajstić information content (AvgIpc) is 2.34. The number of hydrogen-bond donors (Lipinski definition) is 1. The molecule has 1 aliphatic rings. The van der Waals surface area contributed by atoms with Gasteiger partial charge >= 0.3 is 0 Å². The van der Waals surface area contributed by atoms with Gasteiger partial charge in [-0.2, -0.15) is 0 Å². The first-order valence-electron chi connectivity index (χ1n) is 7.11. The molecule has 1 saturated heterocycles. The predicted molar refractivity (Wildman–Crippen MR) is 73.5 cm³/mol. The summed E-state index contributed by atoms with van der Waals surface area (Å²) in [4.78, 5) is 13.8. The monoisotopic (exact) mass is 256 g/mol. The Hall–Kier alpha value is -0.610. The Labute approximate surface area is 111 Å². The first kappa shape index (κ1) is 15.4. The largest absolute Gasteiger partial charge is 0.378 e. The lowest BCUT2D eigenvalue weighted by Gasteiger charge is -2.32. The highest BCUT2D eigenvalue weighted by atomic mass is 16.5. The van der Waals surface area contributed by atoms with Crippen molar-refractivity contribution < 1.29 is 9.53 Å². The van der Waals surface area contributed by atoms with E-state index in [9.17, 15) is 4.79 Å². The third-order valence-electron chi connectivity index (χ3n) is 3.12. The third kappa shape index (κ3) is 5.83. The van der Waals surface area contributed by atoms with Crippen molar-refractivity contribution in [3.8, 4) is 0 Å². The fraction of sp³-hybridized carbons (Fsp3) is 0.929. The van der Waals surface area contributed by atoms with Crippen molar-refractivity contribution >= 4 is 5.91 Å². The number of hydrogen-bond acceptors (Lipinski definition) is 3. The van der Waals surface area contributed by atoms with Crippen LogP contribution in [0.4, 0.5) is 0 Å². The first-order chi connectivity index (χ1) is 8.49. The number of rotatable bonds is 6. The van der Waals surface area contributed by atoms with E-state index in [-0.39, 0.29) is 5.91 Å².